The Bertz CT molecular complexity index is 684. The Kier molecular flexibility index (Phi) is 4.45. The van der Waals surface area contributed by atoms with E-state index in [0.29, 0.717) is 11.6 Å². The number of anilines is 1. The Morgan fingerprint density at radius 1 is 1.27 bits per heavy atom. The van der Waals surface area contributed by atoms with Gasteiger partial charge in [0.05, 0.1) is 19.2 Å². The monoisotopic (exact) mass is 319 g/mol. The fraction of sp³-hybridized carbons (Fsp3) is 0.375. The molecule has 1 aromatic heterocycles. The van der Waals surface area contributed by atoms with E-state index in [1.54, 1.807) is 0 Å². The van der Waals surface area contributed by atoms with Crippen LogP contribution < -0.4 is 4.90 Å². The molecule has 1 fully saturated rings. The number of methoxy groups -OCH3 is 1. The van der Waals surface area contributed by atoms with E-state index in [9.17, 15) is 4.79 Å². The van der Waals surface area contributed by atoms with Crippen molar-refractivity contribution in [1.29, 1.82) is 0 Å². The quantitative estimate of drug-likeness (QED) is 0.812. The number of nitrogens with zero attached hydrogens (tertiary/aromatic N) is 3. The number of halogens is 1. The molecule has 1 aliphatic heterocycles. The maximum absolute atomic E-state index is 11.3. The molecule has 0 N–H and O–H groups in total. The van der Waals surface area contributed by atoms with Gasteiger partial charge in [0.15, 0.2) is 0 Å². The summed E-state index contributed by atoms with van der Waals surface area (Å²) < 4.78 is 4.72. The average Bonchev–Trinajstić information content (AvgIpc) is 2.54. The molecule has 0 atom stereocenters. The third-order valence-corrected chi connectivity index (χ3v) is 4.21. The molecule has 5 nitrogen and oxygen atoms in total. The summed E-state index contributed by atoms with van der Waals surface area (Å²) in [5, 5.41) is 1.80. The number of hydrogen-bond acceptors (Lipinski definition) is 5. The van der Waals surface area contributed by atoms with Crippen LogP contribution in [0.15, 0.2) is 30.5 Å². The largest absolute Gasteiger partial charge is 0.468 e. The molecule has 0 amide bonds. The number of esters is 1. The van der Waals surface area contributed by atoms with Gasteiger partial charge in [-0.1, -0.05) is 11.6 Å². The lowest BCUT2D eigenvalue weighted by Crippen LogP contribution is -2.48. The third-order valence-electron chi connectivity index (χ3n) is 3.98. The number of benzene rings is 1. The van der Waals surface area contributed by atoms with Crippen molar-refractivity contribution in [1.82, 2.24) is 9.88 Å². The third kappa shape index (κ3) is 3.15. The van der Waals surface area contributed by atoms with Crippen molar-refractivity contribution in [2.75, 3.05) is 44.7 Å². The number of carbonyl (C=O) groups excluding carboxylic acids is 1. The first kappa shape index (κ1) is 15.1. The highest BCUT2D eigenvalue weighted by atomic mass is 35.5. The van der Waals surface area contributed by atoms with Crippen molar-refractivity contribution in [2.24, 2.45) is 0 Å². The van der Waals surface area contributed by atoms with Crippen LogP contribution in [-0.4, -0.2) is 55.7 Å². The van der Waals surface area contributed by atoms with E-state index in [-0.39, 0.29) is 5.97 Å². The van der Waals surface area contributed by atoms with Gasteiger partial charge in [-0.25, -0.2) is 0 Å². The zero-order valence-corrected chi connectivity index (χ0v) is 13.2. The topological polar surface area (TPSA) is 45.7 Å². The Hall–Kier alpha value is -1.85. The average molecular weight is 320 g/mol. The second-order valence-corrected chi connectivity index (χ2v) is 5.77. The van der Waals surface area contributed by atoms with Crippen molar-refractivity contribution in [3.63, 3.8) is 0 Å². The number of ether oxygens (including phenoxy) is 1. The molecule has 0 unspecified atom stereocenters. The maximum Gasteiger partial charge on any atom is 0.319 e. The van der Waals surface area contributed by atoms with E-state index in [2.05, 4.69) is 14.8 Å². The number of rotatable bonds is 3. The fourth-order valence-corrected chi connectivity index (χ4v) is 2.94. The van der Waals surface area contributed by atoms with Crippen molar-refractivity contribution >= 4 is 34.2 Å². The molecule has 1 saturated heterocycles. The zero-order chi connectivity index (χ0) is 15.5. The lowest BCUT2D eigenvalue weighted by atomic mass is 10.1. The maximum atomic E-state index is 11.3. The van der Waals surface area contributed by atoms with E-state index in [1.165, 1.54) is 12.8 Å². The predicted molar refractivity (Wildman–Crippen MR) is 87.4 cm³/mol. The predicted octanol–water partition coefficient (Wildman–Crippen LogP) is 2.18. The molecule has 3 rings (SSSR count). The van der Waals surface area contributed by atoms with E-state index in [0.717, 1.165) is 37.1 Å². The van der Waals surface area contributed by atoms with Gasteiger partial charge >= 0.3 is 5.97 Å². The summed E-state index contributed by atoms with van der Waals surface area (Å²) in [5.41, 5.74) is 2.07. The Morgan fingerprint density at radius 3 is 2.77 bits per heavy atom. The van der Waals surface area contributed by atoms with Crippen LogP contribution in [0.2, 0.25) is 5.02 Å². The van der Waals surface area contributed by atoms with Crippen LogP contribution in [-0.2, 0) is 9.53 Å². The number of aromatic nitrogens is 1. The molecule has 6 heteroatoms. The minimum Gasteiger partial charge on any atom is -0.468 e. The number of piperazine rings is 1. The van der Waals surface area contributed by atoms with Gasteiger partial charge in [-0.05, 0) is 24.3 Å². The van der Waals surface area contributed by atoms with Crippen molar-refractivity contribution < 1.29 is 9.53 Å². The molecule has 0 bridgehead atoms. The van der Waals surface area contributed by atoms with Crippen LogP contribution >= 0.6 is 11.6 Å². The van der Waals surface area contributed by atoms with Crippen LogP contribution in [0.3, 0.4) is 0 Å². The summed E-state index contributed by atoms with van der Waals surface area (Å²) in [6.07, 6.45) is 1.81. The fourth-order valence-electron chi connectivity index (χ4n) is 2.78. The van der Waals surface area contributed by atoms with Crippen molar-refractivity contribution in [3.05, 3.63) is 35.5 Å². The zero-order valence-electron chi connectivity index (χ0n) is 12.5. The second kappa shape index (κ2) is 6.50. The summed E-state index contributed by atoms with van der Waals surface area (Å²) in [6, 6.07) is 7.82. The molecule has 1 aromatic carbocycles. The SMILES string of the molecule is COC(=O)CN1CCN(c2ccnc3cc(Cl)ccc23)CC1. The van der Waals surface area contributed by atoms with E-state index >= 15 is 0 Å². The van der Waals surface area contributed by atoms with Crippen LogP contribution in [0, 0.1) is 0 Å². The van der Waals surface area contributed by atoms with Crippen LogP contribution in [0.4, 0.5) is 5.69 Å². The highest BCUT2D eigenvalue weighted by Gasteiger charge is 2.20. The van der Waals surface area contributed by atoms with Gasteiger partial charge in [0.25, 0.3) is 0 Å². The van der Waals surface area contributed by atoms with E-state index < -0.39 is 0 Å². The molecule has 22 heavy (non-hydrogen) atoms. The minimum atomic E-state index is -0.183. The van der Waals surface area contributed by atoms with Gasteiger partial charge < -0.3 is 9.64 Å². The first-order valence-electron chi connectivity index (χ1n) is 7.26. The standard InChI is InChI=1S/C16H18ClN3O2/c1-22-16(21)11-19-6-8-20(9-7-19)15-4-5-18-14-10-12(17)2-3-13(14)15/h2-5,10H,6-9,11H2,1H3. The highest BCUT2D eigenvalue weighted by molar-refractivity contribution is 6.31. The summed E-state index contributed by atoms with van der Waals surface area (Å²) in [4.78, 5) is 20.2. The van der Waals surface area contributed by atoms with Gasteiger partial charge in [-0.15, -0.1) is 0 Å². The van der Waals surface area contributed by atoms with Crippen LogP contribution in [0.25, 0.3) is 10.9 Å². The van der Waals surface area contributed by atoms with E-state index in [1.807, 2.05) is 30.5 Å². The molecule has 0 radical (unpaired) electrons. The second-order valence-electron chi connectivity index (χ2n) is 5.33. The summed E-state index contributed by atoms with van der Waals surface area (Å²) in [5.74, 6) is -0.183. The molecular weight excluding hydrogens is 302 g/mol. The first-order valence-corrected chi connectivity index (χ1v) is 7.63. The Balaban J connectivity index is 1.75. The lowest BCUT2D eigenvalue weighted by Gasteiger charge is -2.35. The Labute approximate surface area is 134 Å². The van der Waals surface area contributed by atoms with Gasteiger partial charge in [0.2, 0.25) is 0 Å². The number of pyridine rings is 1. The molecule has 116 valence electrons. The first-order chi connectivity index (χ1) is 10.7. The van der Waals surface area contributed by atoms with Gasteiger partial charge in [0, 0.05) is 48.5 Å². The van der Waals surface area contributed by atoms with Gasteiger partial charge in [0.1, 0.15) is 0 Å². The highest BCUT2D eigenvalue weighted by Crippen LogP contribution is 2.28. The molecule has 2 aromatic rings. The normalized spacial score (nSPS) is 16.0. The minimum absolute atomic E-state index is 0.183. The van der Waals surface area contributed by atoms with Crippen molar-refractivity contribution in [3.8, 4) is 0 Å². The summed E-state index contributed by atoms with van der Waals surface area (Å²) in [7, 11) is 1.42. The number of carbonyl (C=O) groups is 1. The van der Waals surface area contributed by atoms with Gasteiger partial charge in [-0.2, -0.15) is 0 Å². The Morgan fingerprint density at radius 2 is 2.05 bits per heavy atom. The lowest BCUT2D eigenvalue weighted by molar-refractivity contribution is -0.142. The number of fused-ring (bicyclic) bond motifs is 1. The summed E-state index contributed by atoms with van der Waals surface area (Å²) >= 11 is 6.03. The number of hydrogen-bond donors (Lipinski definition) is 0. The molecule has 0 aliphatic carbocycles. The molecular formula is C16H18ClN3O2. The summed E-state index contributed by atoms with van der Waals surface area (Å²) in [6.45, 7) is 3.79. The van der Waals surface area contributed by atoms with Crippen LogP contribution in [0.1, 0.15) is 0 Å². The van der Waals surface area contributed by atoms with Gasteiger partial charge in [-0.3, -0.25) is 14.7 Å². The molecule has 1 aliphatic rings. The van der Waals surface area contributed by atoms with E-state index in [4.69, 9.17) is 16.3 Å². The van der Waals surface area contributed by atoms with Crippen molar-refractivity contribution in [2.45, 2.75) is 0 Å². The molecule has 0 saturated carbocycles. The molecule has 2 heterocycles. The smallest absolute Gasteiger partial charge is 0.319 e. The molecule has 0 spiro atoms. The van der Waals surface area contributed by atoms with Crippen LogP contribution in [0.5, 0.6) is 0 Å².